The first-order chi connectivity index (χ1) is 5.79. The number of allylic oxidation sites excluding steroid dienone is 1. The fraction of sp³-hybridized carbons (Fsp3) is 0.444. The van der Waals surface area contributed by atoms with E-state index in [4.69, 9.17) is 11.5 Å². The Hall–Kier alpha value is -1.09. The van der Waals surface area contributed by atoms with Gasteiger partial charge in [0.05, 0.1) is 0 Å². The fourth-order valence-corrected chi connectivity index (χ4v) is 1.04. The SMILES string of the molecule is C=C/N=C\C(CN)=C(/N)C1CC1. The van der Waals surface area contributed by atoms with Crippen LogP contribution in [-0.4, -0.2) is 12.8 Å². The molecule has 1 aliphatic carbocycles. The Morgan fingerprint density at radius 3 is 2.67 bits per heavy atom. The molecule has 3 heteroatoms. The van der Waals surface area contributed by atoms with E-state index in [-0.39, 0.29) is 0 Å². The standard InChI is InChI=1S/C9H15N3/c1-2-12-6-8(5-10)9(11)7-3-4-7/h2,6-7H,1,3-5,10-11H2/b9-8-,12-6-. The predicted molar refractivity (Wildman–Crippen MR) is 51.7 cm³/mol. The van der Waals surface area contributed by atoms with E-state index in [9.17, 15) is 0 Å². The maximum Gasteiger partial charge on any atom is 0.0329 e. The molecule has 66 valence electrons. The summed E-state index contributed by atoms with van der Waals surface area (Å²) in [6.45, 7) is 3.94. The summed E-state index contributed by atoms with van der Waals surface area (Å²) >= 11 is 0. The Kier molecular flexibility index (Phi) is 3.05. The van der Waals surface area contributed by atoms with Crippen LogP contribution >= 0.6 is 0 Å². The zero-order chi connectivity index (χ0) is 8.97. The summed E-state index contributed by atoms with van der Waals surface area (Å²) in [6, 6.07) is 0. The maximum atomic E-state index is 5.85. The first-order valence-electron chi connectivity index (χ1n) is 4.12. The van der Waals surface area contributed by atoms with Crippen LogP contribution < -0.4 is 11.5 Å². The van der Waals surface area contributed by atoms with Crippen LogP contribution in [0.1, 0.15) is 12.8 Å². The van der Waals surface area contributed by atoms with Gasteiger partial charge >= 0.3 is 0 Å². The minimum atomic E-state index is 0.458. The number of nitrogens with zero attached hydrogens (tertiary/aromatic N) is 1. The van der Waals surface area contributed by atoms with Gasteiger partial charge in [-0.2, -0.15) is 0 Å². The lowest BCUT2D eigenvalue weighted by molar-refractivity contribution is 0.950. The molecule has 4 N–H and O–H groups in total. The van der Waals surface area contributed by atoms with Crippen LogP contribution in [0.3, 0.4) is 0 Å². The molecular formula is C9H15N3. The molecule has 0 aromatic heterocycles. The van der Waals surface area contributed by atoms with E-state index < -0.39 is 0 Å². The van der Waals surface area contributed by atoms with Crippen molar-refractivity contribution in [2.75, 3.05) is 6.54 Å². The van der Waals surface area contributed by atoms with E-state index in [1.165, 1.54) is 19.0 Å². The highest BCUT2D eigenvalue weighted by molar-refractivity contribution is 5.80. The second-order valence-electron chi connectivity index (χ2n) is 2.92. The third kappa shape index (κ3) is 2.20. The van der Waals surface area contributed by atoms with E-state index in [0.717, 1.165) is 11.3 Å². The Morgan fingerprint density at radius 1 is 1.58 bits per heavy atom. The highest BCUT2D eigenvalue weighted by atomic mass is 14.7. The van der Waals surface area contributed by atoms with E-state index in [2.05, 4.69) is 11.6 Å². The third-order valence-electron chi connectivity index (χ3n) is 1.94. The number of hydrogen-bond donors (Lipinski definition) is 2. The first-order valence-corrected chi connectivity index (χ1v) is 4.12. The predicted octanol–water partition coefficient (Wildman–Crippen LogP) is 0.782. The molecule has 3 nitrogen and oxygen atoms in total. The lowest BCUT2D eigenvalue weighted by atomic mass is 10.1. The molecule has 0 atom stereocenters. The summed E-state index contributed by atoms with van der Waals surface area (Å²) < 4.78 is 0. The van der Waals surface area contributed by atoms with E-state index in [0.29, 0.717) is 12.5 Å². The van der Waals surface area contributed by atoms with Crippen LogP contribution in [0.4, 0.5) is 0 Å². The lowest BCUT2D eigenvalue weighted by Crippen LogP contribution is -2.13. The maximum absolute atomic E-state index is 5.85. The second kappa shape index (κ2) is 4.07. The van der Waals surface area contributed by atoms with Gasteiger partial charge < -0.3 is 11.5 Å². The minimum absolute atomic E-state index is 0.458. The van der Waals surface area contributed by atoms with Crippen molar-refractivity contribution in [2.45, 2.75) is 12.8 Å². The number of rotatable bonds is 4. The topological polar surface area (TPSA) is 64.4 Å². The summed E-state index contributed by atoms with van der Waals surface area (Å²) in [6.07, 6.45) is 5.56. The summed E-state index contributed by atoms with van der Waals surface area (Å²) in [5, 5.41) is 0. The summed E-state index contributed by atoms with van der Waals surface area (Å²) in [7, 11) is 0. The molecule has 0 aliphatic heterocycles. The van der Waals surface area contributed by atoms with Gasteiger partial charge in [0.15, 0.2) is 0 Å². The number of aliphatic imine (C=N–C) groups is 1. The van der Waals surface area contributed by atoms with Gasteiger partial charge in [0, 0.05) is 30.2 Å². The van der Waals surface area contributed by atoms with Crippen LogP contribution in [0.25, 0.3) is 0 Å². The molecule has 0 bridgehead atoms. The smallest absolute Gasteiger partial charge is 0.0329 e. The van der Waals surface area contributed by atoms with Crippen molar-refractivity contribution < 1.29 is 0 Å². The van der Waals surface area contributed by atoms with Crippen LogP contribution in [-0.2, 0) is 0 Å². The Balaban J connectivity index is 2.69. The van der Waals surface area contributed by atoms with Gasteiger partial charge in [-0.25, -0.2) is 0 Å². The molecular weight excluding hydrogens is 150 g/mol. The largest absolute Gasteiger partial charge is 0.402 e. The van der Waals surface area contributed by atoms with Gasteiger partial charge in [-0.1, -0.05) is 6.58 Å². The quantitative estimate of drug-likeness (QED) is 0.605. The van der Waals surface area contributed by atoms with Gasteiger partial charge in [0.2, 0.25) is 0 Å². The van der Waals surface area contributed by atoms with Crippen molar-refractivity contribution >= 4 is 6.21 Å². The van der Waals surface area contributed by atoms with Crippen molar-refractivity contribution in [3.8, 4) is 0 Å². The van der Waals surface area contributed by atoms with Crippen LogP contribution in [0.2, 0.25) is 0 Å². The molecule has 0 aromatic rings. The van der Waals surface area contributed by atoms with Crippen molar-refractivity contribution in [1.82, 2.24) is 0 Å². The van der Waals surface area contributed by atoms with Gasteiger partial charge in [0.1, 0.15) is 0 Å². The van der Waals surface area contributed by atoms with Crippen molar-refractivity contribution in [3.05, 3.63) is 24.0 Å². The highest BCUT2D eigenvalue weighted by Crippen LogP contribution is 2.34. The number of nitrogens with two attached hydrogens (primary N) is 2. The third-order valence-corrected chi connectivity index (χ3v) is 1.94. The zero-order valence-corrected chi connectivity index (χ0v) is 7.16. The van der Waals surface area contributed by atoms with Crippen LogP contribution in [0.15, 0.2) is 29.0 Å². The molecule has 1 fully saturated rings. The van der Waals surface area contributed by atoms with E-state index in [1.54, 1.807) is 6.21 Å². The average Bonchev–Trinajstić information content (AvgIpc) is 2.88. The highest BCUT2D eigenvalue weighted by Gasteiger charge is 2.25. The summed E-state index contributed by atoms with van der Waals surface area (Å²) in [5.74, 6) is 0.555. The molecule has 1 rings (SSSR count). The molecule has 1 aliphatic rings. The molecule has 0 unspecified atom stereocenters. The van der Waals surface area contributed by atoms with Crippen molar-refractivity contribution in [2.24, 2.45) is 22.4 Å². The normalized spacial score (nSPS) is 19.4. The van der Waals surface area contributed by atoms with Gasteiger partial charge in [-0.05, 0) is 18.8 Å². The molecule has 0 heterocycles. The molecule has 0 aromatic carbocycles. The lowest BCUT2D eigenvalue weighted by Gasteiger charge is -2.02. The first kappa shape index (κ1) is 9.00. The summed E-state index contributed by atoms with van der Waals surface area (Å²) in [4.78, 5) is 3.90. The Labute approximate surface area is 72.8 Å². The van der Waals surface area contributed by atoms with Gasteiger partial charge in [-0.15, -0.1) is 0 Å². The molecule has 0 saturated heterocycles. The molecule has 0 spiro atoms. The average molecular weight is 165 g/mol. The van der Waals surface area contributed by atoms with Crippen molar-refractivity contribution in [1.29, 1.82) is 0 Å². The Bertz CT molecular complexity index is 224. The zero-order valence-electron chi connectivity index (χ0n) is 7.16. The minimum Gasteiger partial charge on any atom is -0.402 e. The van der Waals surface area contributed by atoms with E-state index in [1.807, 2.05) is 0 Å². The van der Waals surface area contributed by atoms with Crippen LogP contribution in [0.5, 0.6) is 0 Å². The van der Waals surface area contributed by atoms with Gasteiger partial charge in [0.25, 0.3) is 0 Å². The molecule has 12 heavy (non-hydrogen) atoms. The monoisotopic (exact) mass is 165 g/mol. The second-order valence-corrected chi connectivity index (χ2v) is 2.92. The van der Waals surface area contributed by atoms with Crippen molar-refractivity contribution in [3.63, 3.8) is 0 Å². The molecule has 0 radical (unpaired) electrons. The van der Waals surface area contributed by atoms with Crippen LogP contribution in [0, 0.1) is 5.92 Å². The Morgan fingerprint density at radius 2 is 2.25 bits per heavy atom. The molecule has 0 amide bonds. The summed E-state index contributed by atoms with van der Waals surface area (Å²) in [5.41, 5.74) is 13.2. The van der Waals surface area contributed by atoms with Gasteiger partial charge in [-0.3, -0.25) is 4.99 Å². The molecule has 1 saturated carbocycles. The fourth-order valence-electron chi connectivity index (χ4n) is 1.04. The van der Waals surface area contributed by atoms with E-state index >= 15 is 0 Å². The number of hydrogen-bond acceptors (Lipinski definition) is 3.